The Labute approximate surface area is 214 Å². The highest BCUT2D eigenvalue weighted by molar-refractivity contribution is 6.54. The molecule has 0 aliphatic carbocycles. The predicted octanol–water partition coefficient (Wildman–Crippen LogP) is -0.888. The lowest BCUT2D eigenvalue weighted by atomic mass is 9.49. The van der Waals surface area contributed by atoms with Gasteiger partial charge in [-0.25, -0.2) is 0 Å². The number of ether oxygens (including phenoxy) is 2. The average molecular weight is 485 g/mol. The van der Waals surface area contributed by atoms with Crippen LogP contribution in [0.1, 0.15) is 33.5 Å². The van der Waals surface area contributed by atoms with Crippen LogP contribution in [-0.4, -0.2) is 88.4 Å². The third kappa shape index (κ3) is 4.69. The van der Waals surface area contributed by atoms with Crippen LogP contribution in [0.4, 0.5) is 0 Å². The molecule has 36 heavy (non-hydrogen) atoms. The molecular formula is C25H30B3N3O5. The van der Waals surface area contributed by atoms with Crippen molar-refractivity contribution in [3.63, 3.8) is 0 Å². The molecule has 3 heterocycles. The van der Waals surface area contributed by atoms with Gasteiger partial charge in [0.25, 0.3) is 5.91 Å². The number of amides is 3. The zero-order chi connectivity index (χ0) is 25.4. The standard InChI is InChI=1S/C25H30B3N3O5/c26-25(27)12-20(23(33)31(28)24(25)34)30-14-19-18(22(30)32)2-1-3-21(19)36-15-17-6-4-16(5-7-17)13-29-8-10-35-11-9-29/h1-7,20H,8-15,26-28H2. The highest BCUT2D eigenvalue weighted by Gasteiger charge is 2.48. The molecule has 2 aromatic carbocycles. The van der Waals surface area contributed by atoms with Gasteiger partial charge in [-0.3, -0.25) is 19.3 Å². The number of hydrogen-bond acceptors (Lipinski definition) is 6. The van der Waals surface area contributed by atoms with Crippen molar-refractivity contribution in [1.82, 2.24) is 14.6 Å². The number of rotatable bonds is 6. The van der Waals surface area contributed by atoms with Gasteiger partial charge >= 0.3 is 0 Å². The zero-order valence-electron chi connectivity index (χ0n) is 21.2. The van der Waals surface area contributed by atoms with E-state index in [0.717, 1.165) is 48.8 Å². The fourth-order valence-electron chi connectivity index (χ4n) is 5.31. The number of imide groups is 1. The lowest BCUT2D eigenvalue weighted by Gasteiger charge is -2.42. The normalized spacial score (nSPS) is 22.1. The SMILES string of the molecule is BN1C(=O)C(N2Cc3c(OCc4ccc(CN5CCOCC5)cc4)cccc3C2=O)CC(B)(B)C1=O. The highest BCUT2D eigenvalue weighted by atomic mass is 16.5. The molecule has 0 bridgehead atoms. The summed E-state index contributed by atoms with van der Waals surface area (Å²) in [6, 6.07) is 13.2. The molecule has 0 saturated carbocycles. The van der Waals surface area contributed by atoms with Crippen LogP contribution in [0.25, 0.3) is 0 Å². The lowest BCUT2D eigenvalue weighted by molar-refractivity contribution is -0.146. The van der Waals surface area contributed by atoms with Gasteiger partial charge in [-0.05, 0) is 34.9 Å². The van der Waals surface area contributed by atoms with E-state index in [4.69, 9.17) is 9.47 Å². The van der Waals surface area contributed by atoms with Gasteiger partial charge in [0.15, 0.2) is 0 Å². The van der Waals surface area contributed by atoms with E-state index in [1.54, 1.807) is 11.0 Å². The molecule has 0 aromatic heterocycles. The minimum absolute atomic E-state index is 0.195. The van der Waals surface area contributed by atoms with Crippen molar-refractivity contribution in [1.29, 1.82) is 0 Å². The molecule has 184 valence electrons. The van der Waals surface area contributed by atoms with E-state index in [9.17, 15) is 14.4 Å². The molecule has 3 aliphatic heterocycles. The van der Waals surface area contributed by atoms with Crippen molar-refractivity contribution < 1.29 is 23.9 Å². The summed E-state index contributed by atoms with van der Waals surface area (Å²) in [5.74, 6) is -0.0967. The fourth-order valence-corrected chi connectivity index (χ4v) is 5.31. The molecule has 2 fully saturated rings. The number of hydrogen-bond donors (Lipinski definition) is 0. The molecule has 1 atom stereocenters. The number of fused-ring (bicyclic) bond motifs is 1. The quantitative estimate of drug-likeness (QED) is 0.391. The maximum atomic E-state index is 13.3. The molecule has 2 saturated heterocycles. The van der Waals surface area contributed by atoms with Crippen molar-refractivity contribution in [2.24, 2.45) is 0 Å². The second-order valence-electron chi connectivity index (χ2n) is 10.5. The molecule has 5 rings (SSSR count). The summed E-state index contributed by atoms with van der Waals surface area (Å²) in [5.41, 5.74) is 3.64. The summed E-state index contributed by atoms with van der Waals surface area (Å²) < 4.78 is 11.6. The molecule has 1 unspecified atom stereocenters. The van der Waals surface area contributed by atoms with Crippen LogP contribution >= 0.6 is 0 Å². The summed E-state index contributed by atoms with van der Waals surface area (Å²) in [4.78, 5) is 43.8. The van der Waals surface area contributed by atoms with E-state index in [1.807, 2.05) is 27.8 Å². The van der Waals surface area contributed by atoms with Gasteiger partial charge in [-0.1, -0.05) is 30.3 Å². The topological polar surface area (TPSA) is 79.4 Å². The molecule has 8 nitrogen and oxygen atoms in total. The molecular weight excluding hydrogens is 455 g/mol. The number of morpholine rings is 1. The number of benzene rings is 2. The minimum Gasteiger partial charge on any atom is -0.489 e. The van der Waals surface area contributed by atoms with E-state index >= 15 is 0 Å². The van der Waals surface area contributed by atoms with Gasteiger partial charge < -0.3 is 19.2 Å². The van der Waals surface area contributed by atoms with Gasteiger partial charge in [0.1, 0.15) is 34.1 Å². The zero-order valence-corrected chi connectivity index (χ0v) is 21.2. The Kier molecular flexibility index (Phi) is 6.70. The van der Waals surface area contributed by atoms with E-state index < -0.39 is 11.3 Å². The smallest absolute Gasteiger partial charge is 0.255 e. The van der Waals surface area contributed by atoms with Crippen molar-refractivity contribution in [2.45, 2.75) is 37.4 Å². The Morgan fingerprint density at radius 3 is 2.42 bits per heavy atom. The van der Waals surface area contributed by atoms with Crippen molar-refractivity contribution >= 4 is 41.4 Å². The number of carbonyl (C=O) groups is 3. The first kappa shape index (κ1) is 24.7. The second kappa shape index (κ2) is 9.79. The van der Waals surface area contributed by atoms with E-state index in [0.29, 0.717) is 24.3 Å². The molecule has 0 N–H and O–H groups in total. The highest BCUT2D eigenvalue weighted by Crippen LogP contribution is 2.39. The first-order valence-corrected chi connectivity index (χ1v) is 12.5. The van der Waals surface area contributed by atoms with E-state index in [2.05, 4.69) is 29.2 Å². The number of carbonyl (C=O) groups excluding carboxylic acids is 3. The van der Waals surface area contributed by atoms with E-state index in [1.165, 1.54) is 13.5 Å². The lowest BCUT2D eigenvalue weighted by Crippen LogP contribution is -2.59. The predicted molar refractivity (Wildman–Crippen MR) is 142 cm³/mol. The Bertz CT molecular complexity index is 1180. The summed E-state index contributed by atoms with van der Waals surface area (Å²) >= 11 is 0. The van der Waals surface area contributed by atoms with Crippen molar-refractivity contribution in [2.75, 3.05) is 26.3 Å². The van der Waals surface area contributed by atoms with Gasteiger partial charge in [-0.2, -0.15) is 0 Å². The second-order valence-corrected chi connectivity index (χ2v) is 10.5. The van der Waals surface area contributed by atoms with Crippen LogP contribution < -0.4 is 4.74 Å². The molecule has 0 radical (unpaired) electrons. The Hall–Kier alpha value is -3.04. The summed E-state index contributed by atoms with van der Waals surface area (Å²) in [6.07, 6.45) is 0.307. The van der Waals surface area contributed by atoms with Gasteiger partial charge in [0.2, 0.25) is 19.8 Å². The van der Waals surface area contributed by atoms with Crippen LogP contribution in [0.3, 0.4) is 0 Å². The third-order valence-corrected chi connectivity index (χ3v) is 7.46. The molecule has 3 amide bonds. The van der Waals surface area contributed by atoms with E-state index in [-0.39, 0.29) is 24.3 Å². The molecule has 3 aliphatic rings. The van der Waals surface area contributed by atoms with Gasteiger partial charge in [0, 0.05) is 30.8 Å². The van der Waals surface area contributed by atoms with Gasteiger partial charge in [0.05, 0.1) is 19.8 Å². The Morgan fingerprint density at radius 2 is 1.69 bits per heavy atom. The van der Waals surface area contributed by atoms with Crippen LogP contribution in [-0.2, 0) is 34.0 Å². The van der Waals surface area contributed by atoms with Gasteiger partial charge in [-0.15, -0.1) is 0 Å². The molecule has 11 heteroatoms. The Balaban J connectivity index is 1.26. The number of nitrogens with zero attached hydrogens (tertiary/aromatic N) is 3. The fraction of sp³-hybridized carbons (Fsp3) is 0.400. The summed E-state index contributed by atoms with van der Waals surface area (Å²) in [5, 5.41) is -0.713. The third-order valence-electron chi connectivity index (χ3n) is 7.46. The van der Waals surface area contributed by atoms with Crippen molar-refractivity contribution in [3.8, 4) is 5.75 Å². The molecule has 2 aromatic rings. The van der Waals surface area contributed by atoms with Crippen LogP contribution in [0.2, 0.25) is 5.21 Å². The van der Waals surface area contributed by atoms with Crippen LogP contribution in [0, 0.1) is 0 Å². The summed E-state index contributed by atoms with van der Waals surface area (Å²) in [7, 11) is 5.13. The number of piperidine rings is 1. The largest absolute Gasteiger partial charge is 0.489 e. The molecule has 0 spiro atoms. The maximum Gasteiger partial charge on any atom is 0.255 e. The minimum atomic E-state index is -0.713. The monoisotopic (exact) mass is 485 g/mol. The summed E-state index contributed by atoms with van der Waals surface area (Å²) in [6.45, 7) is 5.06. The first-order chi connectivity index (χ1) is 17.2. The van der Waals surface area contributed by atoms with Crippen molar-refractivity contribution in [3.05, 3.63) is 64.7 Å². The Morgan fingerprint density at radius 1 is 1.00 bits per heavy atom. The maximum absolute atomic E-state index is 13.3. The van der Waals surface area contributed by atoms with Crippen LogP contribution in [0.15, 0.2) is 42.5 Å². The first-order valence-electron chi connectivity index (χ1n) is 12.5. The average Bonchev–Trinajstić information content (AvgIpc) is 3.22. The van der Waals surface area contributed by atoms with Crippen LogP contribution in [0.5, 0.6) is 5.75 Å².